The molecule has 0 heterocycles. The molecular formula is C19H22N2O. The first-order valence-electron chi connectivity index (χ1n) is 7.91. The predicted octanol–water partition coefficient (Wildman–Crippen LogP) is 2.66. The molecule has 3 heteroatoms. The number of amides is 1. The van der Waals surface area contributed by atoms with Crippen molar-refractivity contribution in [2.24, 2.45) is 0 Å². The number of rotatable bonds is 6. The Morgan fingerprint density at radius 1 is 0.909 bits per heavy atom. The summed E-state index contributed by atoms with van der Waals surface area (Å²) in [5, 5.41) is 6.26. The van der Waals surface area contributed by atoms with Crippen molar-refractivity contribution in [1.29, 1.82) is 0 Å². The van der Waals surface area contributed by atoms with Gasteiger partial charge in [0.1, 0.15) is 0 Å². The molecule has 3 nitrogen and oxygen atoms in total. The molecule has 1 aliphatic carbocycles. The van der Waals surface area contributed by atoms with E-state index in [4.69, 9.17) is 0 Å². The highest BCUT2D eigenvalue weighted by Gasteiger charge is 2.52. The zero-order valence-corrected chi connectivity index (χ0v) is 12.8. The summed E-state index contributed by atoms with van der Waals surface area (Å²) in [4.78, 5) is 12.0. The third-order valence-corrected chi connectivity index (χ3v) is 4.25. The number of carbonyl (C=O) groups excluding carboxylic acids is 1. The molecule has 3 rings (SSSR count). The van der Waals surface area contributed by atoms with Crippen molar-refractivity contribution in [2.75, 3.05) is 13.1 Å². The van der Waals surface area contributed by atoms with E-state index in [0.717, 1.165) is 6.54 Å². The number of hydrogen-bond acceptors (Lipinski definition) is 2. The van der Waals surface area contributed by atoms with Gasteiger partial charge in [0.15, 0.2) is 0 Å². The van der Waals surface area contributed by atoms with Gasteiger partial charge in [-0.1, -0.05) is 67.6 Å². The van der Waals surface area contributed by atoms with Crippen LogP contribution in [0.4, 0.5) is 0 Å². The molecule has 0 aliphatic heterocycles. The highest BCUT2D eigenvalue weighted by molar-refractivity contribution is 5.79. The summed E-state index contributed by atoms with van der Waals surface area (Å²) in [5.41, 5.74) is 2.59. The molecule has 1 saturated carbocycles. The molecular weight excluding hydrogens is 272 g/mol. The lowest BCUT2D eigenvalue weighted by Gasteiger charge is -2.05. The lowest BCUT2D eigenvalue weighted by molar-refractivity contribution is -0.120. The molecule has 2 N–H and O–H groups in total. The van der Waals surface area contributed by atoms with Gasteiger partial charge < -0.3 is 10.6 Å². The minimum absolute atomic E-state index is 0.0752. The average molecular weight is 294 g/mol. The second kappa shape index (κ2) is 6.75. The Bertz CT molecular complexity index is 566. The van der Waals surface area contributed by atoms with E-state index in [9.17, 15) is 4.79 Å². The van der Waals surface area contributed by atoms with Crippen LogP contribution < -0.4 is 10.6 Å². The van der Waals surface area contributed by atoms with Crippen LogP contribution in [-0.2, 0) is 4.79 Å². The second-order valence-electron chi connectivity index (χ2n) is 5.75. The molecule has 0 bridgehead atoms. The molecule has 1 fully saturated rings. The molecule has 0 spiro atoms. The zero-order valence-electron chi connectivity index (χ0n) is 12.8. The van der Waals surface area contributed by atoms with Crippen LogP contribution in [0.2, 0.25) is 0 Å². The van der Waals surface area contributed by atoms with Crippen LogP contribution in [0.5, 0.6) is 0 Å². The number of hydrogen-bond donors (Lipinski definition) is 2. The Hall–Kier alpha value is -2.13. The van der Waals surface area contributed by atoms with E-state index >= 15 is 0 Å². The third kappa shape index (κ3) is 3.20. The second-order valence-corrected chi connectivity index (χ2v) is 5.75. The predicted molar refractivity (Wildman–Crippen MR) is 88.8 cm³/mol. The van der Waals surface area contributed by atoms with Crippen molar-refractivity contribution in [3.05, 3.63) is 71.8 Å². The molecule has 0 aromatic heterocycles. The van der Waals surface area contributed by atoms with E-state index < -0.39 is 0 Å². The number of carbonyl (C=O) groups is 1. The van der Waals surface area contributed by atoms with Crippen molar-refractivity contribution in [1.82, 2.24) is 10.6 Å². The summed E-state index contributed by atoms with van der Waals surface area (Å²) in [7, 11) is 0. The quantitative estimate of drug-likeness (QED) is 0.860. The third-order valence-electron chi connectivity index (χ3n) is 4.25. The van der Waals surface area contributed by atoms with E-state index in [1.165, 1.54) is 11.1 Å². The molecule has 22 heavy (non-hydrogen) atoms. The molecule has 1 aliphatic rings. The molecule has 0 radical (unpaired) electrons. The summed E-state index contributed by atoms with van der Waals surface area (Å²) in [6.45, 7) is 3.20. The first kappa shape index (κ1) is 14.8. The van der Waals surface area contributed by atoms with Crippen LogP contribution >= 0.6 is 0 Å². The van der Waals surface area contributed by atoms with Crippen molar-refractivity contribution in [3.63, 3.8) is 0 Å². The first-order valence-corrected chi connectivity index (χ1v) is 7.91. The van der Waals surface area contributed by atoms with Crippen LogP contribution in [0, 0.1) is 0 Å². The maximum absolute atomic E-state index is 12.0. The van der Waals surface area contributed by atoms with Crippen LogP contribution in [-0.4, -0.2) is 25.0 Å². The molecule has 2 aromatic carbocycles. The van der Waals surface area contributed by atoms with Crippen molar-refractivity contribution < 1.29 is 4.79 Å². The number of likely N-dealkylation sites (N-methyl/N-ethyl adjacent to an activating group) is 1. The topological polar surface area (TPSA) is 41.1 Å². The first-order chi connectivity index (χ1) is 10.8. The monoisotopic (exact) mass is 294 g/mol. The Morgan fingerprint density at radius 2 is 1.41 bits per heavy atom. The van der Waals surface area contributed by atoms with Gasteiger partial charge in [0.05, 0.1) is 6.54 Å². The molecule has 114 valence electrons. The van der Waals surface area contributed by atoms with Gasteiger partial charge >= 0.3 is 0 Å². The highest BCUT2D eigenvalue weighted by Crippen LogP contribution is 2.54. The van der Waals surface area contributed by atoms with Crippen molar-refractivity contribution in [3.8, 4) is 0 Å². The maximum atomic E-state index is 12.0. The van der Waals surface area contributed by atoms with Gasteiger partial charge in [-0.05, 0) is 17.7 Å². The highest BCUT2D eigenvalue weighted by atomic mass is 16.2. The summed E-state index contributed by atoms with van der Waals surface area (Å²) in [5.74, 6) is 0.814. The molecule has 1 amide bonds. The van der Waals surface area contributed by atoms with E-state index in [2.05, 4.69) is 59.2 Å². The molecule has 0 saturated heterocycles. The Balaban J connectivity index is 1.76. The van der Waals surface area contributed by atoms with Crippen LogP contribution in [0.3, 0.4) is 0 Å². The SMILES string of the molecule is CCNCC(=O)NC1[C@@H](c2ccccc2)[C@H]1c1ccccc1. The number of nitrogens with one attached hydrogen (secondary N) is 2. The van der Waals surface area contributed by atoms with E-state index in [1.807, 2.05) is 19.1 Å². The van der Waals surface area contributed by atoms with Gasteiger partial charge in [-0.15, -0.1) is 0 Å². The van der Waals surface area contributed by atoms with Crippen LogP contribution in [0.15, 0.2) is 60.7 Å². The zero-order chi connectivity index (χ0) is 15.4. The molecule has 1 unspecified atom stereocenters. The smallest absolute Gasteiger partial charge is 0.234 e. The van der Waals surface area contributed by atoms with E-state index in [0.29, 0.717) is 18.4 Å². The minimum atomic E-state index is 0.0752. The van der Waals surface area contributed by atoms with Gasteiger partial charge in [-0.25, -0.2) is 0 Å². The fourth-order valence-electron chi connectivity index (χ4n) is 3.15. The largest absolute Gasteiger partial charge is 0.351 e. The summed E-state index contributed by atoms with van der Waals surface area (Å²) in [6, 6.07) is 21.1. The Kier molecular flexibility index (Phi) is 4.54. The molecule has 3 atom stereocenters. The minimum Gasteiger partial charge on any atom is -0.351 e. The van der Waals surface area contributed by atoms with Gasteiger partial charge in [-0.2, -0.15) is 0 Å². The average Bonchev–Trinajstić information content (AvgIpc) is 3.28. The normalized spacial score (nSPS) is 23.0. The van der Waals surface area contributed by atoms with Crippen molar-refractivity contribution in [2.45, 2.75) is 24.8 Å². The lowest BCUT2D eigenvalue weighted by Crippen LogP contribution is -2.36. The van der Waals surface area contributed by atoms with Crippen LogP contribution in [0.25, 0.3) is 0 Å². The number of benzene rings is 2. The molecule has 2 aromatic rings. The van der Waals surface area contributed by atoms with E-state index in [-0.39, 0.29) is 11.9 Å². The summed E-state index contributed by atoms with van der Waals surface area (Å²) >= 11 is 0. The van der Waals surface area contributed by atoms with Gasteiger partial charge in [0, 0.05) is 17.9 Å². The summed E-state index contributed by atoms with van der Waals surface area (Å²) < 4.78 is 0. The fraction of sp³-hybridized carbons (Fsp3) is 0.316. The van der Waals surface area contributed by atoms with Gasteiger partial charge in [0.2, 0.25) is 5.91 Å². The lowest BCUT2D eigenvalue weighted by atomic mass is 10.0. The Morgan fingerprint density at radius 3 is 1.86 bits per heavy atom. The van der Waals surface area contributed by atoms with Crippen LogP contribution in [0.1, 0.15) is 29.9 Å². The fourth-order valence-corrected chi connectivity index (χ4v) is 3.15. The summed E-state index contributed by atoms with van der Waals surface area (Å²) in [6.07, 6.45) is 0. The van der Waals surface area contributed by atoms with Gasteiger partial charge in [0.25, 0.3) is 0 Å². The maximum Gasteiger partial charge on any atom is 0.234 e. The van der Waals surface area contributed by atoms with E-state index in [1.54, 1.807) is 0 Å². The Labute approximate surface area is 131 Å². The van der Waals surface area contributed by atoms with Gasteiger partial charge in [-0.3, -0.25) is 4.79 Å². The standard InChI is InChI=1S/C19H22N2O/c1-2-20-13-16(22)21-19-17(14-9-5-3-6-10-14)18(19)15-11-7-4-8-12-15/h3-12,17-20H,2,13H2,1H3,(H,21,22)/t17-,18+,19?. The van der Waals surface area contributed by atoms with Crippen molar-refractivity contribution >= 4 is 5.91 Å².